The monoisotopic (exact) mass is 685 g/mol. The summed E-state index contributed by atoms with van der Waals surface area (Å²) in [5.41, 5.74) is 0.808. The van der Waals surface area contributed by atoms with Crippen molar-refractivity contribution < 1.29 is 38.2 Å². The van der Waals surface area contributed by atoms with Gasteiger partial charge in [-0.3, -0.25) is 19.8 Å². The molecule has 0 unspecified atom stereocenters. The Kier molecular flexibility index (Phi) is 9.98. The molecule has 0 radical (unpaired) electrons. The fourth-order valence-corrected chi connectivity index (χ4v) is 7.43. The molecule has 4 heterocycles. The summed E-state index contributed by atoms with van der Waals surface area (Å²) in [6.45, 7) is 5.19. The van der Waals surface area contributed by atoms with Crippen LogP contribution in [0.1, 0.15) is 36.9 Å². The quantitative estimate of drug-likeness (QED) is 0.135. The lowest BCUT2D eigenvalue weighted by Gasteiger charge is -2.49. The van der Waals surface area contributed by atoms with Gasteiger partial charge in [-0.05, 0) is 49.9 Å². The molecule has 16 heteroatoms. The van der Waals surface area contributed by atoms with Crippen LogP contribution in [0.5, 0.6) is 5.75 Å². The van der Waals surface area contributed by atoms with Gasteiger partial charge in [-0.2, -0.15) is 0 Å². The predicted molar refractivity (Wildman–Crippen MR) is 175 cm³/mol. The van der Waals surface area contributed by atoms with Gasteiger partial charge in [0.05, 0.1) is 7.11 Å². The Morgan fingerprint density at radius 1 is 1.11 bits per heavy atom. The number of hydrogen-bond acceptors (Lipinski definition) is 13. The topological polar surface area (TPSA) is 158 Å². The molecule has 1 saturated heterocycles. The molecule has 2 aromatic heterocycles. The molecule has 3 aromatic rings. The summed E-state index contributed by atoms with van der Waals surface area (Å²) in [5, 5.41) is 12.1. The molecule has 2 aliphatic heterocycles. The highest BCUT2D eigenvalue weighted by atomic mass is 32.2. The van der Waals surface area contributed by atoms with E-state index in [0.717, 1.165) is 21.8 Å². The van der Waals surface area contributed by atoms with Gasteiger partial charge >= 0.3 is 12.1 Å². The van der Waals surface area contributed by atoms with Crippen molar-refractivity contribution >= 4 is 74.7 Å². The van der Waals surface area contributed by atoms with E-state index in [2.05, 4.69) is 20.8 Å². The van der Waals surface area contributed by atoms with Crippen LogP contribution in [0.15, 0.2) is 58.0 Å². The van der Waals surface area contributed by atoms with E-state index < -0.39 is 40.9 Å². The predicted octanol–water partition coefficient (Wildman–Crippen LogP) is 4.47. The van der Waals surface area contributed by atoms with Gasteiger partial charge in [-0.1, -0.05) is 23.4 Å². The van der Waals surface area contributed by atoms with Gasteiger partial charge in [0.2, 0.25) is 0 Å². The number of nitrogens with one attached hydrogen (secondary N) is 2. The SMILES string of the molecule is CON=C(C(=O)N[C@@H]1C(=O)N2C(C(=O)OCc3ccc(OC)cc3)=C(c3cccs3)CS[C@@H]12)c1csc(NC(=O)OC(C)(C)C)n1. The van der Waals surface area contributed by atoms with Crippen LogP contribution < -0.4 is 15.4 Å². The van der Waals surface area contributed by atoms with Crippen molar-refractivity contribution in [2.24, 2.45) is 5.16 Å². The van der Waals surface area contributed by atoms with Crippen molar-refractivity contribution in [2.45, 2.75) is 44.4 Å². The first kappa shape index (κ1) is 33.0. The first-order valence-electron chi connectivity index (χ1n) is 13.9. The number of thiazole rings is 1. The van der Waals surface area contributed by atoms with Crippen molar-refractivity contribution in [2.75, 3.05) is 25.3 Å². The number of oxime groups is 1. The maximum absolute atomic E-state index is 13.6. The van der Waals surface area contributed by atoms with Gasteiger partial charge in [0, 0.05) is 21.6 Å². The molecule has 1 aromatic carbocycles. The summed E-state index contributed by atoms with van der Waals surface area (Å²) in [4.78, 5) is 64.0. The molecule has 0 saturated carbocycles. The normalized spacial score (nSPS) is 17.9. The van der Waals surface area contributed by atoms with Gasteiger partial charge in [0.1, 0.15) is 47.9 Å². The van der Waals surface area contributed by atoms with E-state index in [1.54, 1.807) is 52.1 Å². The summed E-state index contributed by atoms with van der Waals surface area (Å²) < 4.78 is 16.1. The van der Waals surface area contributed by atoms with Crippen LogP contribution in [-0.4, -0.2) is 76.5 Å². The molecule has 5 rings (SSSR count). The number of benzene rings is 1. The fraction of sp³-hybridized carbons (Fsp3) is 0.333. The molecule has 13 nitrogen and oxygen atoms in total. The minimum Gasteiger partial charge on any atom is -0.497 e. The van der Waals surface area contributed by atoms with E-state index >= 15 is 0 Å². The first-order chi connectivity index (χ1) is 22.0. The summed E-state index contributed by atoms with van der Waals surface area (Å²) in [5.74, 6) is -0.740. The lowest BCUT2D eigenvalue weighted by molar-refractivity contribution is -0.152. The van der Waals surface area contributed by atoms with E-state index in [4.69, 9.17) is 19.0 Å². The van der Waals surface area contributed by atoms with E-state index in [1.165, 1.54) is 40.5 Å². The third-order valence-electron chi connectivity index (χ3n) is 6.55. The van der Waals surface area contributed by atoms with E-state index in [9.17, 15) is 19.2 Å². The highest BCUT2D eigenvalue weighted by Crippen LogP contribution is 2.44. The largest absolute Gasteiger partial charge is 0.497 e. The summed E-state index contributed by atoms with van der Waals surface area (Å²) in [6.07, 6.45) is -0.703. The molecule has 46 heavy (non-hydrogen) atoms. The van der Waals surface area contributed by atoms with E-state index in [1.807, 2.05) is 17.5 Å². The van der Waals surface area contributed by atoms with Crippen LogP contribution in [-0.2, 0) is 35.3 Å². The first-order valence-corrected chi connectivity index (χ1v) is 16.7. The summed E-state index contributed by atoms with van der Waals surface area (Å²) in [7, 11) is 2.84. The number of rotatable bonds is 10. The van der Waals surface area contributed by atoms with Crippen molar-refractivity contribution in [1.82, 2.24) is 15.2 Å². The Bertz CT molecular complexity index is 1680. The van der Waals surface area contributed by atoms with Gasteiger partial charge in [-0.15, -0.1) is 34.4 Å². The summed E-state index contributed by atoms with van der Waals surface area (Å²) in [6, 6.07) is 9.92. The molecule has 242 valence electrons. The molecule has 3 amide bonds. The van der Waals surface area contributed by atoms with Crippen molar-refractivity contribution in [1.29, 1.82) is 0 Å². The van der Waals surface area contributed by atoms with Crippen LogP contribution in [0.4, 0.5) is 9.93 Å². The Labute approximate surface area is 276 Å². The molecular formula is C30H31N5O8S3. The highest BCUT2D eigenvalue weighted by molar-refractivity contribution is 8.00. The van der Waals surface area contributed by atoms with E-state index in [0.29, 0.717) is 17.1 Å². The minimum atomic E-state index is -0.952. The number of aromatic nitrogens is 1. The van der Waals surface area contributed by atoms with Gasteiger partial charge < -0.3 is 24.4 Å². The van der Waals surface area contributed by atoms with Crippen LogP contribution >= 0.6 is 34.4 Å². The van der Waals surface area contributed by atoms with Crippen molar-refractivity contribution in [3.8, 4) is 5.75 Å². The highest BCUT2D eigenvalue weighted by Gasteiger charge is 2.55. The third kappa shape index (κ3) is 7.35. The van der Waals surface area contributed by atoms with Gasteiger partial charge in [0.25, 0.3) is 11.8 Å². The molecule has 2 atom stereocenters. The maximum Gasteiger partial charge on any atom is 0.413 e. The standard InChI is InChI=1S/C30H31N5O8S3/c1-30(2,3)43-29(39)33-28-31-19(15-46-28)21(34-41-5)24(36)32-22-25(37)35-23(18(14-45-26(22)35)20-7-6-12-44-20)27(38)42-13-16-8-10-17(40-4)11-9-16/h6-12,15,22,26H,13-14H2,1-5H3,(H,32,36)(H,31,33,39)/t22-,26+/m1/s1. The number of fused-ring (bicyclic) bond motifs is 1. The molecule has 2 N–H and O–H groups in total. The molecule has 0 spiro atoms. The Morgan fingerprint density at radius 3 is 2.52 bits per heavy atom. The van der Waals surface area contributed by atoms with Crippen LogP contribution in [0, 0.1) is 0 Å². The third-order valence-corrected chi connectivity index (χ3v) is 9.52. The Balaban J connectivity index is 1.30. The second kappa shape index (κ2) is 13.9. The second-order valence-electron chi connectivity index (χ2n) is 10.9. The number of carbonyl (C=O) groups excluding carboxylic acids is 4. The number of amides is 3. The number of thiophene rings is 1. The second-order valence-corrected chi connectivity index (χ2v) is 13.8. The number of anilines is 1. The molecule has 0 aliphatic carbocycles. The maximum atomic E-state index is 13.6. The smallest absolute Gasteiger partial charge is 0.413 e. The van der Waals surface area contributed by atoms with Gasteiger partial charge in [0.15, 0.2) is 10.8 Å². The fourth-order valence-electron chi connectivity index (χ4n) is 4.52. The number of β-lactam (4-membered cyclic amide) rings is 1. The van der Waals surface area contributed by atoms with E-state index in [-0.39, 0.29) is 28.8 Å². The number of esters is 1. The number of nitrogens with zero attached hydrogens (tertiary/aromatic N) is 3. The lowest BCUT2D eigenvalue weighted by Crippen LogP contribution is -2.71. The number of ether oxygens (including phenoxy) is 3. The average Bonchev–Trinajstić information content (AvgIpc) is 3.72. The van der Waals surface area contributed by atoms with Gasteiger partial charge in [-0.25, -0.2) is 14.6 Å². The lowest BCUT2D eigenvalue weighted by atomic mass is 10.0. The van der Waals surface area contributed by atoms with Crippen LogP contribution in [0.25, 0.3) is 5.57 Å². The number of carbonyl (C=O) groups is 4. The summed E-state index contributed by atoms with van der Waals surface area (Å²) >= 11 is 3.93. The Hall–Kier alpha value is -4.41. The molecular weight excluding hydrogens is 655 g/mol. The van der Waals surface area contributed by atoms with Crippen molar-refractivity contribution in [3.05, 3.63) is 69.0 Å². The zero-order chi connectivity index (χ0) is 33.0. The average molecular weight is 686 g/mol. The zero-order valence-electron chi connectivity index (χ0n) is 25.5. The number of hydrogen-bond donors (Lipinski definition) is 2. The van der Waals surface area contributed by atoms with Crippen molar-refractivity contribution in [3.63, 3.8) is 0 Å². The number of methoxy groups -OCH3 is 1. The molecule has 1 fully saturated rings. The molecule has 0 bridgehead atoms. The zero-order valence-corrected chi connectivity index (χ0v) is 28.0. The molecule has 2 aliphatic rings. The van der Waals surface area contributed by atoms with Crippen LogP contribution in [0.2, 0.25) is 0 Å². The minimum absolute atomic E-state index is 0.000686. The van der Waals surface area contributed by atoms with Crippen LogP contribution in [0.3, 0.4) is 0 Å². The Morgan fingerprint density at radius 2 is 1.87 bits per heavy atom. The number of thioether (sulfide) groups is 1.